The summed E-state index contributed by atoms with van der Waals surface area (Å²) in [5, 5.41) is 4.63. The minimum absolute atomic E-state index is 0.0374. The Hall–Kier alpha value is 0.0400. The summed E-state index contributed by atoms with van der Waals surface area (Å²) in [5.41, 5.74) is 0. The van der Waals surface area contributed by atoms with Gasteiger partial charge in [-0.15, -0.1) is 0 Å². The normalized spacial score (nSPS) is 12.8. The van der Waals surface area contributed by atoms with Gasteiger partial charge in [-0.3, -0.25) is 0 Å². The van der Waals surface area contributed by atoms with Crippen molar-refractivity contribution in [1.82, 2.24) is 5.32 Å². The molecule has 19 heavy (non-hydrogen) atoms. The lowest BCUT2D eigenvalue weighted by atomic mass is 10.1. The molecular weight excluding hydrogens is 349 g/mol. The zero-order valence-corrected chi connectivity index (χ0v) is 14.6. The molecule has 0 fully saturated rings. The van der Waals surface area contributed by atoms with Gasteiger partial charge in [-0.1, -0.05) is 37.0 Å². The molecule has 108 valence electrons. The molecule has 0 amide bonds. The number of nitrogens with one attached hydrogen (secondary N) is 1. The van der Waals surface area contributed by atoms with Gasteiger partial charge < -0.3 is 10.1 Å². The van der Waals surface area contributed by atoms with Crippen molar-refractivity contribution >= 4 is 39.1 Å². The third-order valence-corrected chi connectivity index (χ3v) is 4.47. The highest BCUT2D eigenvalue weighted by Crippen LogP contribution is 2.34. The van der Waals surface area contributed by atoms with Crippen molar-refractivity contribution in [2.45, 2.75) is 45.8 Å². The molecule has 2 nitrogen and oxygen atoms in total. The van der Waals surface area contributed by atoms with Crippen LogP contribution in [0.15, 0.2) is 16.6 Å². The second-order valence-corrected chi connectivity index (χ2v) is 6.22. The van der Waals surface area contributed by atoms with Crippen molar-refractivity contribution < 1.29 is 4.74 Å². The zero-order chi connectivity index (χ0) is 14.4. The molecule has 5 heteroatoms. The van der Waals surface area contributed by atoms with E-state index in [0.29, 0.717) is 21.8 Å². The molecule has 0 aliphatic rings. The van der Waals surface area contributed by atoms with Gasteiger partial charge in [0.2, 0.25) is 0 Å². The highest BCUT2D eigenvalue weighted by atomic mass is 79.9. The molecule has 1 rings (SSSR count). The van der Waals surface area contributed by atoms with Crippen molar-refractivity contribution in [3.8, 4) is 5.75 Å². The predicted octanol–water partition coefficient (Wildman–Crippen LogP) is 5.30. The Balaban J connectivity index is 2.57. The summed E-state index contributed by atoms with van der Waals surface area (Å²) in [6, 6.07) is 4.03. The third kappa shape index (κ3) is 5.50. The summed E-state index contributed by atoms with van der Waals surface area (Å²) < 4.78 is 6.59. The van der Waals surface area contributed by atoms with Gasteiger partial charge in [0, 0.05) is 23.1 Å². The van der Waals surface area contributed by atoms with Crippen LogP contribution in [0.25, 0.3) is 0 Å². The summed E-state index contributed by atoms with van der Waals surface area (Å²) >= 11 is 15.5. The monoisotopic (exact) mass is 367 g/mol. The summed E-state index contributed by atoms with van der Waals surface area (Å²) in [4.78, 5) is 0. The van der Waals surface area contributed by atoms with E-state index >= 15 is 0 Å². The van der Waals surface area contributed by atoms with Crippen molar-refractivity contribution in [3.05, 3.63) is 26.7 Å². The molecule has 0 radical (unpaired) electrons. The van der Waals surface area contributed by atoms with Crippen LogP contribution in [-0.4, -0.2) is 18.7 Å². The minimum atomic E-state index is 0.0374. The van der Waals surface area contributed by atoms with Crippen molar-refractivity contribution in [2.75, 3.05) is 6.54 Å². The fourth-order valence-electron chi connectivity index (χ4n) is 1.76. The number of hydrogen-bond donors (Lipinski definition) is 1. The Morgan fingerprint density at radius 2 is 1.84 bits per heavy atom. The van der Waals surface area contributed by atoms with Gasteiger partial charge >= 0.3 is 0 Å². The van der Waals surface area contributed by atoms with Crippen LogP contribution in [0.4, 0.5) is 0 Å². The highest BCUT2D eigenvalue weighted by Gasteiger charge is 2.12. The van der Waals surface area contributed by atoms with E-state index in [1.807, 2.05) is 6.92 Å². The van der Waals surface area contributed by atoms with Crippen molar-refractivity contribution in [1.29, 1.82) is 0 Å². The van der Waals surface area contributed by atoms with Gasteiger partial charge in [-0.2, -0.15) is 0 Å². The zero-order valence-electron chi connectivity index (χ0n) is 11.5. The topological polar surface area (TPSA) is 21.3 Å². The summed E-state index contributed by atoms with van der Waals surface area (Å²) in [7, 11) is 0. The van der Waals surface area contributed by atoms with Gasteiger partial charge in [-0.25, -0.2) is 0 Å². The van der Waals surface area contributed by atoms with E-state index in [9.17, 15) is 0 Å². The van der Waals surface area contributed by atoms with E-state index in [4.69, 9.17) is 27.9 Å². The number of ether oxygens (including phenoxy) is 1. The first-order valence-corrected chi connectivity index (χ1v) is 8.07. The fourth-order valence-corrected chi connectivity index (χ4v) is 2.60. The average molecular weight is 369 g/mol. The maximum Gasteiger partial charge on any atom is 0.139 e. The second kappa shape index (κ2) is 8.35. The van der Waals surface area contributed by atoms with Crippen LogP contribution < -0.4 is 10.1 Å². The van der Waals surface area contributed by atoms with E-state index in [2.05, 4.69) is 35.1 Å². The summed E-state index contributed by atoms with van der Waals surface area (Å²) in [5.74, 6) is 0.619. The molecule has 0 spiro atoms. The Labute approximate surface area is 133 Å². The molecule has 0 aliphatic heterocycles. The van der Waals surface area contributed by atoms with Gasteiger partial charge in [-0.05, 0) is 41.8 Å². The first kappa shape index (κ1) is 17.1. The molecule has 0 aromatic heterocycles. The average Bonchev–Trinajstić information content (AvgIpc) is 2.37. The molecule has 1 N–H and O–H groups in total. The smallest absolute Gasteiger partial charge is 0.139 e. The van der Waals surface area contributed by atoms with Crippen LogP contribution in [0.5, 0.6) is 5.75 Å². The van der Waals surface area contributed by atoms with E-state index < -0.39 is 0 Å². The van der Waals surface area contributed by atoms with E-state index in [1.54, 1.807) is 12.1 Å². The largest absolute Gasteiger partial charge is 0.488 e. The Kier molecular flexibility index (Phi) is 7.52. The maximum absolute atomic E-state index is 6.13. The molecule has 1 unspecified atom stereocenters. The van der Waals surface area contributed by atoms with Crippen molar-refractivity contribution in [3.63, 3.8) is 0 Å². The van der Waals surface area contributed by atoms with Crippen LogP contribution in [-0.2, 0) is 0 Å². The molecule has 1 aromatic carbocycles. The predicted molar refractivity (Wildman–Crippen MR) is 86.6 cm³/mol. The highest BCUT2D eigenvalue weighted by molar-refractivity contribution is 9.10. The third-order valence-electron chi connectivity index (χ3n) is 2.98. The molecule has 1 aromatic rings. The maximum atomic E-state index is 6.13. The first-order valence-electron chi connectivity index (χ1n) is 6.52. The Bertz CT molecular complexity index is 411. The number of benzene rings is 1. The molecule has 0 saturated heterocycles. The summed E-state index contributed by atoms with van der Waals surface area (Å²) in [6.07, 6.45) is 2.28. The van der Waals surface area contributed by atoms with E-state index in [-0.39, 0.29) is 6.10 Å². The molecule has 0 aliphatic carbocycles. The van der Waals surface area contributed by atoms with Gasteiger partial charge in [0.05, 0.1) is 10.0 Å². The number of halogens is 3. The molecule has 0 bridgehead atoms. The molecular formula is C14H20BrCl2NO. The molecule has 0 saturated carbocycles. The second-order valence-electron chi connectivity index (χ2n) is 4.55. The molecule has 1 atom stereocenters. The van der Waals surface area contributed by atoms with Crippen molar-refractivity contribution in [2.24, 2.45) is 0 Å². The standard InChI is InChI=1S/C14H20BrCl2NO/c1-4-10(5-2)18-8-9(3)19-14-7-12(16)11(15)6-13(14)17/h6-7,9-10,18H,4-5,8H2,1-3H3. The fraction of sp³-hybridized carbons (Fsp3) is 0.571. The lowest BCUT2D eigenvalue weighted by Crippen LogP contribution is -2.36. The minimum Gasteiger partial charge on any atom is -0.488 e. The van der Waals surface area contributed by atoms with Crippen LogP contribution in [0.2, 0.25) is 10.0 Å². The van der Waals surface area contributed by atoms with Gasteiger partial charge in [0.15, 0.2) is 0 Å². The van der Waals surface area contributed by atoms with Crippen LogP contribution >= 0.6 is 39.1 Å². The summed E-state index contributed by atoms with van der Waals surface area (Å²) in [6.45, 7) is 7.16. The van der Waals surface area contributed by atoms with Gasteiger partial charge in [0.25, 0.3) is 0 Å². The number of hydrogen-bond acceptors (Lipinski definition) is 2. The lowest BCUT2D eigenvalue weighted by molar-refractivity contribution is 0.210. The quantitative estimate of drug-likeness (QED) is 0.659. The van der Waals surface area contributed by atoms with Crippen LogP contribution in [0, 0.1) is 0 Å². The van der Waals surface area contributed by atoms with Gasteiger partial charge in [0.1, 0.15) is 11.9 Å². The molecule has 0 heterocycles. The Morgan fingerprint density at radius 3 is 2.42 bits per heavy atom. The lowest BCUT2D eigenvalue weighted by Gasteiger charge is -2.20. The first-order chi connectivity index (χ1) is 8.97. The van der Waals surface area contributed by atoms with Crippen LogP contribution in [0.1, 0.15) is 33.6 Å². The van der Waals surface area contributed by atoms with E-state index in [0.717, 1.165) is 23.9 Å². The SMILES string of the molecule is CCC(CC)NCC(C)Oc1cc(Cl)c(Br)cc1Cl. The number of rotatable bonds is 7. The van der Waals surface area contributed by atoms with E-state index in [1.165, 1.54) is 0 Å². The Morgan fingerprint density at radius 1 is 1.21 bits per heavy atom. The van der Waals surface area contributed by atoms with Crippen LogP contribution in [0.3, 0.4) is 0 Å².